The van der Waals surface area contributed by atoms with Gasteiger partial charge in [-0.25, -0.2) is 9.37 Å². The first-order valence-electron chi connectivity index (χ1n) is 8.39. The summed E-state index contributed by atoms with van der Waals surface area (Å²) < 4.78 is 31.8. The lowest BCUT2D eigenvalue weighted by Gasteiger charge is -2.32. The first kappa shape index (κ1) is 17.9. The largest absolute Gasteiger partial charge is 0.524 e. The van der Waals surface area contributed by atoms with Crippen molar-refractivity contribution in [2.24, 2.45) is 5.41 Å². The van der Waals surface area contributed by atoms with Gasteiger partial charge < -0.3 is 14.0 Å². The van der Waals surface area contributed by atoms with E-state index in [9.17, 15) is 4.39 Å². The van der Waals surface area contributed by atoms with Crippen LogP contribution in [-0.2, 0) is 9.31 Å². The zero-order chi connectivity index (χ0) is 18.3. The van der Waals surface area contributed by atoms with Gasteiger partial charge in [0.05, 0.1) is 29.4 Å². The van der Waals surface area contributed by atoms with Gasteiger partial charge in [-0.15, -0.1) is 0 Å². The zero-order valence-electron chi connectivity index (χ0n) is 15.0. The number of aromatic nitrogens is 1. The van der Waals surface area contributed by atoms with Gasteiger partial charge in [-0.3, -0.25) is 0 Å². The van der Waals surface area contributed by atoms with Crippen LogP contribution in [0.15, 0.2) is 30.1 Å². The Labute approximate surface area is 147 Å². The van der Waals surface area contributed by atoms with E-state index in [-0.39, 0.29) is 5.41 Å². The molecule has 5 nitrogen and oxygen atoms in total. The lowest BCUT2D eigenvalue weighted by molar-refractivity contribution is 0.00578. The Morgan fingerprint density at radius 3 is 2.56 bits per heavy atom. The second kappa shape index (κ2) is 6.12. The van der Waals surface area contributed by atoms with E-state index in [1.165, 1.54) is 6.20 Å². The maximum absolute atomic E-state index is 14.7. The maximum Gasteiger partial charge on any atom is 0.524 e. The number of ether oxygens (including phenoxy) is 1. The lowest BCUT2D eigenvalue weighted by atomic mass is 9.85. The van der Waals surface area contributed by atoms with Crippen LogP contribution < -0.4 is 4.74 Å². The van der Waals surface area contributed by atoms with Crippen molar-refractivity contribution < 1.29 is 18.4 Å². The van der Waals surface area contributed by atoms with Crippen molar-refractivity contribution in [3.05, 3.63) is 35.7 Å². The smallest absolute Gasteiger partial charge is 0.477 e. The van der Waals surface area contributed by atoms with Gasteiger partial charge in [0, 0.05) is 17.7 Å². The number of rotatable bonds is 5. The van der Waals surface area contributed by atoms with Crippen LogP contribution in [0.5, 0.6) is 5.88 Å². The van der Waals surface area contributed by atoms with E-state index in [1.807, 2.05) is 33.8 Å². The standard InChI is InChI=1S/C18H22BFN2O3/c1-16(2)17(3,4)25-19(24-16)14(20)10-18(6-7-18)12-23-15-9-13(11-21)5-8-22-15/h5,8-10H,6-7,12H2,1-4H3. The van der Waals surface area contributed by atoms with E-state index in [4.69, 9.17) is 19.3 Å². The van der Waals surface area contributed by atoms with Crippen molar-refractivity contribution in [2.75, 3.05) is 6.61 Å². The van der Waals surface area contributed by atoms with E-state index in [2.05, 4.69) is 4.98 Å². The molecule has 0 spiro atoms. The molecule has 1 aromatic heterocycles. The molecule has 0 aromatic carbocycles. The number of pyridine rings is 1. The summed E-state index contributed by atoms with van der Waals surface area (Å²) in [6.45, 7) is 7.88. The molecule has 2 heterocycles. The predicted octanol–water partition coefficient (Wildman–Crippen LogP) is 3.60. The van der Waals surface area contributed by atoms with E-state index < -0.39 is 24.0 Å². The average Bonchev–Trinajstić information content (AvgIpc) is 3.27. The molecule has 2 aliphatic rings. The van der Waals surface area contributed by atoms with Crippen molar-refractivity contribution in [2.45, 2.75) is 51.7 Å². The minimum atomic E-state index is -0.984. The van der Waals surface area contributed by atoms with Gasteiger partial charge in [-0.1, -0.05) is 0 Å². The van der Waals surface area contributed by atoms with Crippen LogP contribution in [0.1, 0.15) is 46.1 Å². The van der Waals surface area contributed by atoms with Crippen LogP contribution in [-0.4, -0.2) is 29.9 Å². The fourth-order valence-corrected chi connectivity index (χ4v) is 2.58. The van der Waals surface area contributed by atoms with Crippen molar-refractivity contribution in [1.82, 2.24) is 4.98 Å². The Bertz CT molecular complexity index is 722. The topological polar surface area (TPSA) is 64.4 Å². The van der Waals surface area contributed by atoms with Gasteiger partial charge in [0.25, 0.3) is 0 Å². The van der Waals surface area contributed by atoms with Crippen molar-refractivity contribution in [1.29, 1.82) is 5.26 Å². The molecule has 3 rings (SSSR count). The summed E-state index contributed by atoms with van der Waals surface area (Å²) in [6, 6.07) is 5.22. The molecule has 0 bridgehead atoms. The van der Waals surface area contributed by atoms with Crippen LogP contribution in [0.2, 0.25) is 0 Å². The number of hydrogen-bond donors (Lipinski definition) is 0. The molecule has 132 valence electrons. The third kappa shape index (κ3) is 3.70. The van der Waals surface area contributed by atoms with E-state index in [1.54, 1.807) is 18.2 Å². The van der Waals surface area contributed by atoms with Crippen molar-refractivity contribution in [3.8, 4) is 11.9 Å². The number of halogens is 1. The first-order valence-corrected chi connectivity index (χ1v) is 8.39. The second-order valence-electron chi connectivity index (χ2n) is 7.76. The summed E-state index contributed by atoms with van der Waals surface area (Å²) in [4.78, 5) is 4.08. The van der Waals surface area contributed by atoms with E-state index >= 15 is 0 Å². The highest BCUT2D eigenvalue weighted by Crippen LogP contribution is 2.49. The van der Waals surface area contributed by atoms with Crippen LogP contribution in [0.3, 0.4) is 0 Å². The Kier molecular flexibility index (Phi) is 4.38. The fraction of sp³-hybridized carbons (Fsp3) is 0.556. The molecule has 7 heteroatoms. The molecule has 1 saturated carbocycles. The molecule has 1 saturated heterocycles. The third-order valence-electron chi connectivity index (χ3n) is 5.19. The minimum absolute atomic E-state index is 0.307. The number of hydrogen-bond acceptors (Lipinski definition) is 5. The summed E-state index contributed by atoms with van der Waals surface area (Å²) >= 11 is 0. The summed E-state index contributed by atoms with van der Waals surface area (Å²) in [5.41, 5.74) is -1.44. The van der Waals surface area contributed by atoms with Crippen LogP contribution in [0.4, 0.5) is 4.39 Å². The lowest BCUT2D eigenvalue weighted by Crippen LogP contribution is -2.41. The van der Waals surface area contributed by atoms with Crippen LogP contribution in [0.25, 0.3) is 0 Å². The van der Waals surface area contributed by atoms with Crippen molar-refractivity contribution in [3.63, 3.8) is 0 Å². The maximum atomic E-state index is 14.7. The molecule has 2 fully saturated rings. The summed E-state index contributed by atoms with van der Waals surface area (Å²) in [5.74, 6) is 0.370. The van der Waals surface area contributed by atoms with Gasteiger partial charge in [0.2, 0.25) is 5.88 Å². The summed E-state index contributed by atoms with van der Waals surface area (Å²) in [6.07, 6.45) is 4.74. The van der Waals surface area contributed by atoms with Gasteiger partial charge in [0.15, 0.2) is 0 Å². The van der Waals surface area contributed by atoms with Crippen LogP contribution >= 0.6 is 0 Å². The highest BCUT2D eigenvalue weighted by atomic mass is 19.1. The molecule has 1 aliphatic carbocycles. The quantitative estimate of drug-likeness (QED) is 0.764. The molecule has 25 heavy (non-hydrogen) atoms. The summed E-state index contributed by atoms with van der Waals surface area (Å²) in [7, 11) is -0.984. The third-order valence-corrected chi connectivity index (χ3v) is 5.19. The molecule has 0 amide bonds. The van der Waals surface area contributed by atoms with Gasteiger partial charge in [-0.2, -0.15) is 5.26 Å². The number of nitriles is 1. The molecule has 0 atom stereocenters. The van der Waals surface area contributed by atoms with Gasteiger partial charge in [-0.05, 0) is 52.7 Å². The zero-order valence-corrected chi connectivity index (χ0v) is 15.0. The number of nitrogens with zero attached hydrogens (tertiary/aromatic N) is 2. The highest BCUT2D eigenvalue weighted by Gasteiger charge is 2.54. The highest BCUT2D eigenvalue weighted by molar-refractivity contribution is 6.53. The fourth-order valence-electron chi connectivity index (χ4n) is 2.58. The minimum Gasteiger partial charge on any atom is -0.477 e. The molecule has 1 aromatic rings. The van der Waals surface area contributed by atoms with Crippen molar-refractivity contribution >= 4 is 7.12 Å². The summed E-state index contributed by atoms with van der Waals surface area (Å²) in [5, 5.41) is 8.91. The molecule has 0 N–H and O–H groups in total. The Hall–Kier alpha value is -1.91. The Balaban J connectivity index is 1.65. The monoisotopic (exact) mass is 344 g/mol. The average molecular weight is 344 g/mol. The van der Waals surface area contributed by atoms with Gasteiger partial charge >= 0.3 is 7.12 Å². The van der Waals surface area contributed by atoms with E-state index in [0.29, 0.717) is 18.1 Å². The predicted molar refractivity (Wildman–Crippen MR) is 91.4 cm³/mol. The molecular weight excluding hydrogens is 322 g/mol. The Morgan fingerprint density at radius 1 is 1.36 bits per heavy atom. The SMILES string of the molecule is CC1(C)OB(C(F)=CC2(COc3cc(C#N)ccn3)CC2)OC1(C)C. The normalized spacial score (nSPS) is 23.2. The van der Waals surface area contributed by atoms with Crippen LogP contribution in [0, 0.1) is 16.7 Å². The first-order chi connectivity index (χ1) is 11.7. The second-order valence-corrected chi connectivity index (χ2v) is 7.76. The Morgan fingerprint density at radius 2 is 2.00 bits per heavy atom. The molecule has 1 aliphatic heterocycles. The molecule has 0 radical (unpaired) electrons. The molecule has 0 unspecified atom stereocenters. The van der Waals surface area contributed by atoms with E-state index in [0.717, 1.165) is 12.8 Å². The van der Waals surface area contributed by atoms with Gasteiger partial charge in [0.1, 0.15) is 5.73 Å². The molecular formula is C18H22BFN2O3.